The van der Waals surface area contributed by atoms with Crippen molar-refractivity contribution in [3.63, 3.8) is 0 Å². The van der Waals surface area contributed by atoms with Crippen LogP contribution in [0.2, 0.25) is 25.7 Å². The van der Waals surface area contributed by atoms with Crippen LogP contribution >= 0.6 is 0 Å². The van der Waals surface area contributed by atoms with Crippen LogP contribution in [0.3, 0.4) is 0 Å². The van der Waals surface area contributed by atoms with Crippen molar-refractivity contribution in [1.29, 1.82) is 0 Å². The summed E-state index contributed by atoms with van der Waals surface area (Å²) in [7, 11) is 1.17. The zero-order valence-corrected chi connectivity index (χ0v) is 18.7. The highest BCUT2D eigenvalue weighted by Gasteiger charge is 2.36. The summed E-state index contributed by atoms with van der Waals surface area (Å²) in [5.41, 5.74) is 2.80. The molecule has 4 rings (SSSR count). The third kappa shape index (κ3) is 4.18. The third-order valence-electron chi connectivity index (χ3n) is 6.68. The van der Waals surface area contributed by atoms with Gasteiger partial charge in [-0.05, 0) is 56.8 Å². The summed E-state index contributed by atoms with van der Waals surface area (Å²) in [5.74, 6) is -0.0266. The van der Waals surface area contributed by atoms with Crippen LogP contribution < -0.4 is 5.32 Å². The van der Waals surface area contributed by atoms with Crippen molar-refractivity contribution < 1.29 is 4.79 Å². The number of aryl methyl sites for hydroxylation is 1. The van der Waals surface area contributed by atoms with E-state index in [1.807, 2.05) is 0 Å². The molecule has 0 saturated carbocycles. The minimum Gasteiger partial charge on any atom is -0.348 e. The summed E-state index contributed by atoms with van der Waals surface area (Å²) in [6.07, 6.45) is 7.03. The number of aromatic amines is 1. The maximum absolute atomic E-state index is 13.0. The molecule has 2 bridgehead atoms. The quantitative estimate of drug-likeness (QED) is 0.743. The fourth-order valence-electron chi connectivity index (χ4n) is 4.90. The molecule has 2 aromatic rings. The summed E-state index contributed by atoms with van der Waals surface area (Å²) in [4.78, 5) is 15.5. The molecule has 5 nitrogen and oxygen atoms in total. The van der Waals surface area contributed by atoms with E-state index in [0.29, 0.717) is 17.8 Å². The Labute approximate surface area is 169 Å². The van der Waals surface area contributed by atoms with Gasteiger partial charge in [0, 0.05) is 31.6 Å². The topological polar surface area (TPSA) is 61.0 Å². The van der Waals surface area contributed by atoms with Gasteiger partial charge in [0.25, 0.3) is 5.91 Å². The number of hydrogen-bond acceptors (Lipinski definition) is 3. The van der Waals surface area contributed by atoms with Crippen molar-refractivity contribution in [2.45, 2.75) is 82.3 Å². The molecule has 0 radical (unpaired) electrons. The van der Waals surface area contributed by atoms with Gasteiger partial charge in [-0.2, -0.15) is 5.10 Å². The van der Waals surface area contributed by atoms with Gasteiger partial charge in [0.2, 0.25) is 0 Å². The second-order valence-corrected chi connectivity index (χ2v) is 15.7. The molecule has 2 unspecified atom stereocenters. The van der Waals surface area contributed by atoms with Gasteiger partial charge in [-0.25, -0.2) is 0 Å². The predicted molar refractivity (Wildman–Crippen MR) is 118 cm³/mol. The first-order valence-corrected chi connectivity index (χ1v) is 14.5. The van der Waals surface area contributed by atoms with Crippen molar-refractivity contribution in [2.24, 2.45) is 0 Å². The second kappa shape index (κ2) is 7.63. The van der Waals surface area contributed by atoms with Gasteiger partial charge >= 0.3 is 0 Å². The molecular weight excluding hydrogens is 364 g/mol. The van der Waals surface area contributed by atoms with Gasteiger partial charge in [0.05, 0.1) is 5.52 Å². The maximum Gasteiger partial charge on any atom is 0.272 e. The van der Waals surface area contributed by atoms with Crippen LogP contribution in [0.1, 0.15) is 48.2 Å². The van der Waals surface area contributed by atoms with Gasteiger partial charge in [-0.3, -0.25) is 9.89 Å². The van der Waals surface area contributed by atoms with Gasteiger partial charge < -0.3 is 10.2 Å². The number of aromatic nitrogens is 2. The van der Waals surface area contributed by atoms with E-state index in [1.165, 1.54) is 30.9 Å². The normalized spacial score (nSPS) is 25.8. The van der Waals surface area contributed by atoms with E-state index in [9.17, 15) is 4.79 Å². The number of carbonyl (C=O) groups is 1. The number of H-pyrrole nitrogens is 1. The lowest BCUT2D eigenvalue weighted by molar-refractivity contribution is 0.0462. The Morgan fingerprint density at radius 2 is 1.96 bits per heavy atom. The fraction of sp³-hybridized carbons (Fsp3) is 0.636. The Morgan fingerprint density at radius 1 is 1.25 bits per heavy atom. The lowest BCUT2D eigenvalue weighted by Crippen LogP contribution is -2.55. The van der Waals surface area contributed by atoms with E-state index in [4.69, 9.17) is 0 Å². The van der Waals surface area contributed by atoms with E-state index < -0.39 is 8.07 Å². The smallest absolute Gasteiger partial charge is 0.272 e. The van der Waals surface area contributed by atoms with Crippen LogP contribution in [0.25, 0.3) is 10.9 Å². The molecule has 28 heavy (non-hydrogen) atoms. The van der Waals surface area contributed by atoms with Crippen molar-refractivity contribution in [2.75, 3.05) is 7.05 Å². The van der Waals surface area contributed by atoms with E-state index in [-0.39, 0.29) is 11.9 Å². The van der Waals surface area contributed by atoms with E-state index in [2.05, 4.69) is 65.3 Å². The number of carbonyl (C=O) groups excluding carboxylic acids is 1. The first kappa shape index (κ1) is 19.6. The Kier molecular flexibility index (Phi) is 5.36. The Morgan fingerprint density at radius 3 is 2.64 bits per heavy atom. The highest BCUT2D eigenvalue weighted by molar-refractivity contribution is 6.76. The number of rotatable bonds is 5. The Hall–Kier alpha value is -1.66. The summed E-state index contributed by atoms with van der Waals surface area (Å²) >= 11 is 0. The van der Waals surface area contributed by atoms with Crippen molar-refractivity contribution in [3.05, 3.63) is 29.5 Å². The van der Waals surface area contributed by atoms with Crippen LogP contribution in [-0.2, 0) is 6.42 Å². The average molecular weight is 399 g/mol. The largest absolute Gasteiger partial charge is 0.348 e. The van der Waals surface area contributed by atoms with Gasteiger partial charge in [-0.1, -0.05) is 38.2 Å². The molecule has 2 aliphatic rings. The number of amides is 1. The van der Waals surface area contributed by atoms with Crippen LogP contribution in [0.15, 0.2) is 18.2 Å². The molecule has 3 heterocycles. The number of nitrogens with one attached hydrogen (secondary N) is 2. The van der Waals surface area contributed by atoms with E-state index >= 15 is 0 Å². The molecule has 2 saturated heterocycles. The monoisotopic (exact) mass is 398 g/mol. The number of hydrogen-bond donors (Lipinski definition) is 2. The first-order valence-electron chi connectivity index (χ1n) is 10.8. The maximum atomic E-state index is 13.0. The van der Waals surface area contributed by atoms with Crippen LogP contribution in [0.4, 0.5) is 0 Å². The van der Waals surface area contributed by atoms with Gasteiger partial charge in [0.1, 0.15) is 0 Å². The molecule has 6 heteroatoms. The van der Waals surface area contributed by atoms with Crippen LogP contribution in [0, 0.1) is 0 Å². The Balaban J connectivity index is 1.48. The molecule has 0 aliphatic carbocycles. The fourth-order valence-corrected chi connectivity index (χ4v) is 5.94. The molecule has 2 fully saturated rings. The minimum absolute atomic E-state index is 0.0266. The van der Waals surface area contributed by atoms with Crippen molar-refractivity contribution >= 4 is 24.9 Å². The molecule has 0 spiro atoms. The summed E-state index contributed by atoms with van der Waals surface area (Å²) in [6, 6.07) is 9.15. The van der Waals surface area contributed by atoms with Gasteiger partial charge in [-0.15, -0.1) is 0 Å². The Bertz CT molecular complexity index is 842. The minimum atomic E-state index is -1.08. The molecule has 2 N–H and O–H groups in total. The molecule has 2 aliphatic heterocycles. The highest BCUT2D eigenvalue weighted by atomic mass is 28.3. The third-order valence-corrected chi connectivity index (χ3v) is 8.43. The molecular formula is C22H34N4OSi. The van der Waals surface area contributed by atoms with E-state index in [1.54, 1.807) is 0 Å². The lowest BCUT2D eigenvalue weighted by atomic mass is 9.82. The second-order valence-electron chi connectivity index (χ2n) is 10.1. The molecule has 1 aromatic carbocycles. The van der Waals surface area contributed by atoms with E-state index in [0.717, 1.165) is 30.2 Å². The lowest BCUT2D eigenvalue weighted by Gasteiger charge is -2.47. The average Bonchev–Trinajstić information content (AvgIpc) is 3.03. The van der Waals surface area contributed by atoms with Gasteiger partial charge in [0.15, 0.2) is 5.69 Å². The number of piperidine rings is 2. The summed E-state index contributed by atoms with van der Waals surface area (Å²) < 4.78 is 0. The van der Waals surface area contributed by atoms with Crippen molar-refractivity contribution in [3.8, 4) is 0 Å². The highest BCUT2D eigenvalue weighted by Crippen LogP contribution is 2.33. The number of nitrogens with zero attached hydrogens (tertiary/aromatic N) is 2. The first-order chi connectivity index (χ1) is 13.3. The van der Waals surface area contributed by atoms with Crippen molar-refractivity contribution in [1.82, 2.24) is 20.4 Å². The SMILES string of the molecule is CN1C2CCCC1CC(NC(=O)c1n[nH]c3ccc(CC[Si](C)(C)C)cc13)C2. The molecule has 1 amide bonds. The standard InChI is InChI=1S/C22H34N4OSi/c1-26-17-6-5-7-18(26)14-16(13-17)23-22(27)21-19-12-15(10-11-28(2,3)4)8-9-20(19)24-25-21/h8-9,12,16-18H,5-7,10-11,13-14H2,1-4H3,(H,23,27)(H,24,25). The molecule has 2 atom stereocenters. The zero-order valence-electron chi connectivity index (χ0n) is 17.7. The van der Waals surface area contributed by atoms with Crippen LogP contribution in [0.5, 0.6) is 0 Å². The van der Waals surface area contributed by atoms with Crippen LogP contribution in [-0.4, -0.2) is 54.3 Å². The summed E-state index contributed by atoms with van der Waals surface area (Å²) in [5, 5.41) is 11.7. The number of fused-ring (bicyclic) bond motifs is 3. The predicted octanol–water partition coefficient (Wildman–Crippen LogP) is 4.19. The molecule has 1 aromatic heterocycles. The zero-order chi connectivity index (χ0) is 19.9. The summed E-state index contributed by atoms with van der Waals surface area (Å²) in [6.45, 7) is 7.21. The molecule has 152 valence electrons. The number of benzene rings is 1.